The Bertz CT molecular complexity index is 357. The molecule has 0 atom stereocenters. The Morgan fingerprint density at radius 1 is 1.77 bits per heavy atom. The molecular formula is C9H7NO3. The molecule has 1 aromatic heterocycles. The molecule has 4 nitrogen and oxygen atoms in total. The second-order valence-corrected chi connectivity index (χ2v) is 2.18. The van der Waals surface area contributed by atoms with E-state index >= 15 is 0 Å². The lowest BCUT2D eigenvalue weighted by Crippen LogP contribution is -2.02. The fourth-order valence-corrected chi connectivity index (χ4v) is 0.762. The van der Waals surface area contributed by atoms with Crippen molar-refractivity contribution in [2.45, 2.75) is 0 Å². The molecule has 0 saturated carbocycles. The molecule has 0 aliphatic carbocycles. The van der Waals surface area contributed by atoms with Crippen molar-refractivity contribution in [1.82, 2.24) is 0 Å². The maximum atomic E-state index is 10.9. The maximum Gasteiger partial charge on any atom is 0.348 e. The minimum absolute atomic E-state index is 0.0857. The van der Waals surface area contributed by atoms with Gasteiger partial charge in [0.05, 0.1) is 13.4 Å². The van der Waals surface area contributed by atoms with Crippen LogP contribution >= 0.6 is 0 Å². The number of ether oxygens (including phenoxy) is 1. The van der Waals surface area contributed by atoms with Crippen LogP contribution in [-0.4, -0.2) is 13.1 Å². The number of hydrogen-bond donors (Lipinski definition) is 0. The van der Waals surface area contributed by atoms with Gasteiger partial charge in [0.25, 0.3) is 0 Å². The van der Waals surface area contributed by atoms with E-state index in [1.165, 1.54) is 19.4 Å². The van der Waals surface area contributed by atoms with Crippen molar-refractivity contribution in [1.29, 1.82) is 5.26 Å². The summed E-state index contributed by atoms with van der Waals surface area (Å²) in [5.41, 5.74) is -0.0857. The third kappa shape index (κ3) is 2.20. The van der Waals surface area contributed by atoms with Crippen molar-refractivity contribution in [2.75, 3.05) is 7.11 Å². The summed E-state index contributed by atoms with van der Waals surface area (Å²) in [5, 5.41) is 8.57. The van der Waals surface area contributed by atoms with Gasteiger partial charge in [-0.3, -0.25) is 0 Å². The number of carbonyl (C=O) groups is 1. The standard InChI is InChI=1S/C9H7NO3/c1-12-9(11)7(6-10)5-8-3-2-4-13-8/h2-5H,1H3. The smallest absolute Gasteiger partial charge is 0.348 e. The Labute approximate surface area is 75.0 Å². The lowest BCUT2D eigenvalue weighted by molar-refractivity contribution is -0.135. The van der Waals surface area contributed by atoms with E-state index in [1.54, 1.807) is 18.2 Å². The van der Waals surface area contributed by atoms with Crippen LogP contribution in [0.2, 0.25) is 0 Å². The normalized spacial score (nSPS) is 10.6. The van der Waals surface area contributed by atoms with E-state index in [0.717, 1.165) is 0 Å². The first-order valence-corrected chi connectivity index (χ1v) is 3.51. The summed E-state index contributed by atoms with van der Waals surface area (Å²) >= 11 is 0. The van der Waals surface area contributed by atoms with E-state index in [0.29, 0.717) is 5.76 Å². The van der Waals surface area contributed by atoms with Crippen LogP contribution in [0.15, 0.2) is 28.4 Å². The molecule has 0 aliphatic heterocycles. The van der Waals surface area contributed by atoms with Gasteiger partial charge in [0.2, 0.25) is 0 Å². The van der Waals surface area contributed by atoms with E-state index in [4.69, 9.17) is 9.68 Å². The Balaban J connectivity index is 2.91. The van der Waals surface area contributed by atoms with Crippen LogP contribution in [0.25, 0.3) is 6.08 Å². The Morgan fingerprint density at radius 3 is 3.00 bits per heavy atom. The summed E-state index contributed by atoms with van der Waals surface area (Å²) < 4.78 is 9.31. The van der Waals surface area contributed by atoms with Crippen molar-refractivity contribution in [3.05, 3.63) is 29.7 Å². The molecule has 0 unspecified atom stereocenters. The summed E-state index contributed by atoms with van der Waals surface area (Å²) in [6, 6.07) is 5.02. The highest BCUT2D eigenvalue weighted by Crippen LogP contribution is 2.07. The third-order valence-electron chi connectivity index (χ3n) is 1.36. The Kier molecular flexibility index (Phi) is 2.87. The van der Waals surface area contributed by atoms with Gasteiger partial charge in [0.15, 0.2) is 0 Å². The van der Waals surface area contributed by atoms with Crippen LogP contribution in [0.5, 0.6) is 0 Å². The zero-order valence-electron chi connectivity index (χ0n) is 6.98. The van der Waals surface area contributed by atoms with Crippen LogP contribution in [-0.2, 0) is 9.53 Å². The third-order valence-corrected chi connectivity index (χ3v) is 1.36. The number of rotatable bonds is 2. The molecule has 1 aromatic rings. The van der Waals surface area contributed by atoms with Crippen molar-refractivity contribution in [3.63, 3.8) is 0 Å². The van der Waals surface area contributed by atoms with Gasteiger partial charge in [-0.2, -0.15) is 5.26 Å². The first-order valence-electron chi connectivity index (χ1n) is 3.51. The fraction of sp³-hybridized carbons (Fsp3) is 0.111. The van der Waals surface area contributed by atoms with Gasteiger partial charge in [0, 0.05) is 6.08 Å². The monoisotopic (exact) mass is 177 g/mol. The predicted molar refractivity (Wildman–Crippen MR) is 44.3 cm³/mol. The predicted octanol–water partition coefficient (Wildman–Crippen LogP) is 1.36. The minimum Gasteiger partial charge on any atom is -0.465 e. The van der Waals surface area contributed by atoms with Crippen LogP contribution < -0.4 is 0 Å². The Hall–Kier alpha value is -2.02. The van der Waals surface area contributed by atoms with Crippen molar-refractivity contribution < 1.29 is 13.9 Å². The topological polar surface area (TPSA) is 63.2 Å². The molecule has 0 aliphatic rings. The van der Waals surface area contributed by atoms with Gasteiger partial charge in [-0.05, 0) is 12.1 Å². The average Bonchev–Trinajstić information content (AvgIpc) is 2.65. The highest BCUT2D eigenvalue weighted by molar-refractivity contribution is 5.97. The van der Waals surface area contributed by atoms with Gasteiger partial charge in [0.1, 0.15) is 17.4 Å². The van der Waals surface area contributed by atoms with Crippen LogP contribution in [0.4, 0.5) is 0 Å². The molecule has 0 aromatic carbocycles. The second kappa shape index (κ2) is 4.12. The highest BCUT2D eigenvalue weighted by atomic mass is 16.5. The largest absolute Gasteiger partial charge is 0.465 e. The molecule has 13 heavy (non-hydrogen) atoms. The summed E-state index contributed by atoms with van der Waals surface area (Å²) in [4.78, 5) is 10.9. The van der Waals surface area contributed by atoms with Gasteiger partial charge in [-0.15, -0.1) is 0 Å². The first kappa shape index (κ1) is 9.07. The minimum atomic E-state index is -0.668. The summed E-state index contributed by atoms with van der Waals surface area (Å²) in [6.45, 7) is 0. The lowest BCUT2D eigenvalue weighted by atomic mass is 10.2. The molecule has 4 heteroatoms. The van der Waals surface area contributed by atoms with Crippen LogP contribution in [0.3, 0.4) is 0 Å². The highest BCUT2D eigenvalue weighted by Gasteiger charge is 2.08. The molecule has 1 heterocycles. The molecule has 0 radical (unpaired) electrons. The quantitative estimate of drug-likeness (QED) is 0.388. The zero-order chi connectivity index (χ0) is 9.68. The van der Waals surface area contributed by atoms with E-state index in [-0.39, 0.29) is 5.57 Å². The van der Waals surface area contributed by atoms with E-state index < -0.39 is 5.97 Å². The molecular weight excluding hydrogens is 170 g/mol. The van der Waals surface area contributed by atoms with Gasteiger partial charge < -0.3 is 9.15 Å². The number of nitriles is 1. The van der Waals surface area contributed by atoms with E-state index in [9.17, 15) is 4.79 Å². The maximum absolute atomic E-state index is 10.9. The molecule has 0 bridgehead atoms. The van der Waals surface area contributed by atoms with Crippen LogP contribution in [0, 0.1) is 11.3 Å². The Morgan fingerprint density at radius 2 is 2.54 bits per heavy atom. The number of methoxy groups -OCH3 is 1. The lowest BCUT2D eigenvalue weighted by Gasteiger charge is -1.93. The van der Waals surface area contributed by atoms with Gasteiger partial charge in [-0.25, -0.2) is 4.79 Å². The van der Waals surface area contributed by atoms with E-state index in [2.05, 4.69) is 4.74 Å². The summed E-state index contributed by atoms with van der Waals surface area (Å²) in [7, 11) is 1.22. The first-order chi connectivity index (χ1) is 6.27. The molecule has 0 fully saturated rings. The molecule has 0 spiro atoms. The number of carbonyl (C=O) groups excluding carboxylic acids is 1. The molecule has 66 valence electrons. The van der Waals surface area contributed by atoms with Crippen molar-refractivity contribution in [2.24, 2.45) is 0 Å². The second-order valence-electron chi connectivity index (χ2n) is 2.18. The van der Waals surface area contributed by atoms with E-state index in [1.807, 2.05) is 0 Å². The van der Waals surface area contributed by atoms with Crippen molar-refractivity contribution >= 4 is 12.0 Å². The van der Waals surface area contributed by atoms with Crippen LogP contribution in [0.1, 0.15) is 5.76 Å². The van der Waals surface area contributed by atoms with Crippen molar-refractivity contribution in [3.8, 4) is 6.07 Å². The molecule has 1 rings (SSSR count). The van der Waals surface area contributed by atoms with Gasteiger partial charge in [-0.1, -0.05) is 0 Å². The summed E-state index contributed by atoms with van der Waals surface area (Å²) in [5.74, 6) is -0.221. The van der Waals surface area contributed by atoms with Gasteiger partial charge >= 0.3 is 5.97 Å². The number of nitrogens with zero attached hydrogens (tertiary/aromatic N) is 1. The zero-order valence-corrected chi connectivity index (χ0v) is 6.98. The SMILES string of the molecule is COC(=O)C(C#N)=Cc1ccco1. The molecule has 0 N–H and O–H groups in total. The molecule has 0 amide bonds. The average molecular weight is 177 g/mol. The number of hydrogen-bond acceptors (Lipinski definition) is 4. The molecule has 0 saturated heterocycles. The number of esters is 1. The fourth-order valence-electron chi connectivity index (χ4n) is 0.762. The summed E-state index contributed by atoms with van der Waals surface area (Å²) in [6.07, 6.45) is 2.78. The number of furan rings is 1.